The molecule has 0 spiro atoms. The summed E-state index contributed by atoms with van der Waals surface area (Å²) in [5, 5.41) is 3.13. The Hall–Kier alpha value is -2.24. The van der Waals surface area contributed by atoms with Crippen LogP contribution in [0.2, 0.25) is 0 Å². The Morgan fingerprint density at radius 3 is 3.06 bits per heavy atom. The molecule has 0 aliphatic rings. The summed E-state index contributed by atoms with van der Waals surface area (Å²) in [6.07, 6.45) is 3.38. The predicted octanol–water partition coefficient (Wildman–Crippen LogP) is 1.01. The molecule has 16 heavy (non-hydrogen) atoms. The maximum atomic E-state index is 5.66. The topological polar surface area (TPSA) is 88.8 Å². The number of hydrogen-bond donors (Lipinski definition) is 3. The molecule has 0 saturated carbocycles. The van der Waals surface area contributed by atoms with E-state index in [0.717, 1.165) is 5.69 Å². The molecular weight excluding hydrogens is 206 g/mol. The summed E-state index contributed by atoms with van der Waals surface area (Å²) in [4.78, 5) is 11.1. The first kappa shape index (κ1) is 10.3. The lowest BCUT2D eigenvalue weighted by molar-refractivity contribution is 0.401. The Labute approximate surface area is 92.9 Å². The molecule has 2 rings (SSSR count). The zero-order chi connectivity index (χ0) is 11.4. The molecule has 2 aromatic rings. The Morgan fingerprint density at radius 2 is 2.38 bits per heavy atom. The van der Waals surface area contributed by atoms with Crippen LogP contribution in [0.3, 0.4) is 0 Å². The molecule has 6 nitrogen and oxygen atoms in total. The summed E-state index contributed by atoms with van der Waals surface area (Å²) in [7, 11) is 1.54. The number of hydrogen-bond acceptors (Lipinski definition) is 5. The van der Waals surface area contributed by atoms with Crippen LogP contribution < -0.4 is 15.8 Å². The molecule has 0 unspecified atom stereocenters. The van der Waals surface area contributed by atoms with Crippen LogP contribution >= 0.6 is 0 Å². The summed E-state index contributed by atoms with van der Waals surface area (Å²) in [6, 6.07) is 3.55. The monoisotopic (exact) mass is 219 g/mol. The van der Waals surface area contributed by atoms with Gasteiger partial charge < -0.3 is 20.8 Å². The summed E-state index contributed by atoms with van der Waals surface area (Å²) in [6.45, 7) is 0.625. The van der Waals surface area contributed by atoms with Crippen LogP contribution in [-0.2, 0) is 6.54 Å². The van der Waals surface area contributed by atoms with Gasteiger partial charge in [-0.3, -0.25) is 0 Å². The van der Waals surface area contributed by atoms with Crippen molar-refractivity contribution in [2.45, 2.75) is 6.54 Å². The highest BCUT2D eigenvalue weighted by Crippen LogP contribution is 2.20. The number of anilines is 2. The van der Waals surface area contributed by atoms with E-state index >= 15 is 0 Å². The Bertz CT molecular complexity index is 454. The van der Waals surface area contributed by atoms with Gasteiger partial charge in [-0.25, -0.2) is 4.98 Å². The minimum Gasteiger partial charge on any atom is -0.479 e. The third-order valence-corrected chi connectivity index (χ3v) is 2.10. The first-order chi connectivity index (χ1) is 7.79. The van der Waals surface area contributed by atoms with Crippen LogP contribution in [0.4, 0.5) is 11.5 Å². The molecule has 2 aromatic heterocycles. The van der Waals surface area contributed by atoms with E-state index in [2.05, 4.69) is 20.3 Å². The lowest BCUT2D eigenvalue weighted by Crippen LogP contribution is -2.03. The number of nitrogens with two attached hydrogens (primary N) is 1. The van der Waals surface area contributed by atoms with Crippen LogP contribution in [0.25, 0.3) is 0 Å². The lowest BCUT2D eigenvalue weighted by atomic mass is 10.4. The van der Waals surface area contributed by atoms with Crippen molar-refractivity contribution < 1.29 is 4.74 Å². The number of nitrogens with one attached hydrogen (secondary N) is 2. The van der Waals surface area contributed by atoms with E-state index < -0.39 is 0 Å². The Morgan fingerprint density at radius 1 is 1.50 bits per heavy atom. The first-order valence-corrected chi connectivity index (χ1v) is 4.81. The molecule has 0 amide bonds. The van der Waals surface area contributed by atoms with Gasteiger partial charge in [0, 0.05) is 6.20 Å². The van der Waals surface area contributed by atoms with Gasteiger partial charge in [-0.1, -0.05) is 0 Å². The fourth-order valence-corrected chi connectivity index (χ4v) is 1.28. The number of H-pyrrole nitrogens is 1. The van der Waals surface area contributed by atoms with Crippen molar-refractivity contribution in [2.24, 2.45) is 0 Å². The molecule has 0 aliphatic heterocycles. The van der Waals surface area contributed by atoms with Crippen LogP contribution in [0.5, 0.6) is 5.88 Å². The highest BCUT2D eigenvalue weighted by atomic mass is 16.5. The summed E-state index contributed by atoms with van der Waals surface area (Å²) >= 11 is 0. The third-order valence-electron chi connectivity index (χ3n) is 2.10. The standard InChI is InChI=1S/C10H13N5O/c1-16-10-8(11)2-3-9(15-10)13-5-7-4-12-6-14-7/h2-4,6H,5,11H2,1H3,(H,12,14)(H,13,15). The second-order valence-corrected chi connectivity index (χ2v) is 3.23. The molecule has 6 heteroatoms. The zero-order valence-corrected chi connectivity index (χ0v) is 8.90. The number of pyridine rings is 1. The van der Waals surface area contributed by atoms with Gasteiger partial charge in [0.1, 0.15) is 5.82 Å². The molecular formula is C10H13N5O. The van der Waals surface area contributed by atoms with Crippen LogP contribution in [0.1, 0.15) is 5.69 Å². The number of methoxy groups -OCH3 is 1. The Balaban J connectivity index is 2.04. The van der Waals surface area contributed by atoms with E-state index in [1.807, 2.05) is 0 Å². The highest BCUT2D eigenvalue weighted by Gasteiger charge is 2.02. The second-order valence-electron chi connectivity index (χ2n) is 3.23. The van der Waals surface area contributed by atoms with E-state index in [1.165, 1.54) is 7.11 Å². The molecule has 0 atom stereocenters. The van der Waals surface area contributed by atoms with Crippen molar-refractivity contribution in [3.8, 4) is 5.88 Å². The van der Waals surface area contributed by atoms with E-state index in [1.54, 1.807) is 24.7 Å². The van der Waals surface area contributed by atoms with Crippen molar-refractivity contribution in [1.82, 2.24) is 15.0 Å². The maximum Gasteiger partial charge on any atom is 0.238 e. The summed E-state index contributed by atoms with van der Waals surface area (Å²) < 4.78 is 5.03. The first-order valence-electron chi connectivity index (χ1n) is 4.81. The van der Waals surface area contributed by atoms with Gasteiger partial charge in [0.2, 0.25) is 5.88 Å². The average Bonchev–Trinajstić information content (AvgIpc) is 2.81. The number of nitrogen functional groups attached to an aromatic ring is 1. The number of aromatic nitrogens is 3. The molecule has 0 saturated heterocycles. The fraction of sp³-hybridized carbons (Fsp3) is 0.200. The quantitative estimate of drug-likeness (QED) is 0.714. The van der Waals surface area contributed by atoms with E-state index in [0.29, 0.717) is 23.9 Å². The second kappa shape index (κ2) is 4.52. The molecule has 0 aliphatic carbocycles. The normalized spacial score (nSPS) is 10.1. The van der Waals surface area contributed by atoms with Gasteiger partial charge in [0.25, 0.3) is 0 Å². The molecule has 84 valence electrons. The molecule has 0 aromatic carbocycles. The van der Waals surface area contributed by atoms with Crippen LogP contribution in [0.15, 0.2) is 24.7 Å². The SMILES string of the molecule is COc1nc(NCc2cnc[nH]2)ccc1N. The number of ether oxygens (including phenoxy) is 1. The fourth-order valence-electron chi connectivity index (χ4n) is 1.28. The third kappa shape index (κ3) is 2.22. The number of imidazole rings is 1. The minimum absolute atomic E-state index is 0.426. The largest absolute Gasteiger partial charge is 0.479 e. The highest BCUT2D eigenvalue weighted by molar-refractivity contribution is 5.53. The van der Waals surface area contributed by atoms with Gasteiger partial charge in [0.05, 0.1) is 31.4 Å². The molecule has 0 radical (unpaired) electrons. The van der Waals surface area contributed by atoms with Gasteiger partial charge in [0.15, 0.2) is 0 Å². The van der Waals surface area contributed by atoms with Crippen molar-refractivity contribution >= 4 is 11.5 Å². The summed E-state index contributed by atoms with van der Waals surface area (Å²) in [5.74, 6) is 1.13. The maximum absolute atomic E-state index is 5.66. The smallest absolute Gasteiger partial charge is 0.238 e. The minimum atomic E-state index is 0.426. The van der Waals surface area contributed by atoms with E-state index in [-0.39, 0.29) is 0 Å². The van der Waals surface area contributed by atoms with Crippen LogP contribution in [0, 0.1) is 0 Å². The lowest BCUT2D eigenvalue weighted by Gasteiger charge is -2.07. The Kier molecular flexibility index (Phi) is 2.90. The zero-order valence-electron chi connectivity index (χ0n) is 8.90. The van der Waals surface area contributed by atoms with Gasteiger partial charge in [-0.2, -0.15) is 4.98 Å². The van der Waals surface area contributed by atoms with E-state index in [9.17, 15) is 0 Å². The molecule has 2 heterocycles. The van der Waals surface area contributed by atoms with Gasteiger partial charge in [-0.15, -0.1) is 0 Å². The number of nitrogens with zero attached hydrogens (tertiary/aromatic N) is 2. The van der Waals surface area contributed by atoms with Crippen LogP contribution in [-0.4, -0.2) is 22.1 Å². The van der Waals surface area contributed by atoms with Crippen molar-refractivity contribution in [3.05, 3.63) is 30.4 Å². The number of aromatic amines is 1. The van der Waals surface area contributed by atoms with Crippen molar-refractivity contribution in [2.75, 3.05) is 18.2 Å². The molecule has 4 N–H and O–H groups in total. The predicted molar refractivity (Wildman–Crippen MR) is 61.1 cm³/mol. The number of rotatable bonds is 4. The van der Waals surface area contributed by atoms with Crippen molar-refractivity contribution in [1.29, 1.82) is 0 Å². The molecule has 0 bridgehead atoms. The van der Waals surface area contributed by atoms with E-state index in [4.69, 9.17) is 10.5 Å². The summed E-state index contributed by atoms with van der Waals surface area (Å²) in [5.41, 5.74) is 7.17. The average molecular weight is 219 g/mol. The molecule has 0 fully saturated rings. The van der Waals surface area contributed by atoms with Gasteiger partial charge in [-0.05, 0) is 12.1 Å². The van der Waals surface area contributed by atoms with Gasteiger partial charge >= 0.3 is 0 Å². The van der Waals surface area contributed by atoms with Crippen molar-refractivity contribution in [3.63, 3.8) is 0 Å².